The number of fused-ring (bicyclic) bond motifs is 2. The Kier molecular flexibility index (Phi) is 4.67. The molecule has 1 amide bonds. The molecule has 0 saturated carbocycles. The molecule has 0 spiro atoms. The van der Waals surface area contributed by atoms with E-state index >= 15 is 0 Å². The summed E-state index contributed by atoms with van der Waals surface area (Å²) in [7, 11) is 0. The van der Waals surface area contributed by atoms with E-state index in [1.54, 1.807) is 10.7 Å². The number of hydrogen-bond donors (Lipinski definition) is 1. The van der Waals surface area contributed by atoms with Crippen LogP contribution < -0.4 is 5.56 Å². The lowest BCUT2D eigenvalue weighted by Gasteiger charge is -2.34. The van der Waals surface area contributed by atoms with Crippen molar-refractivity contribution in [3.8, 4) is 0 Å². The highest BCUT2D eigenvalue weighted by atomic mass is 16.2. The van der Waals surface area contributed by atoms with Crippen LogP contribution in [0.1, 0.15) is 28.0 Å². The number of nitrogens with one attached hydrogen (secondary N) is 1. The Morgan fingerprint density at radius 2 is 1.90 bits per heavy atom. The van der Waals surface area contributed by atoms with Crippen molar-refractivity contribution in [1.82, 2.24) is 24.6 Å². The van der Waals surface area contributed by atoms with Gasteiger partial charge in [-0.05, 0) is 49.1 Å². The highest BCUT2D eigenvalue weighted by molar-refractivity contribution is 5.98. The molecule has 1 aliphatic carbocycles. The third kappa shape index (κ3) is 3.58. The van der Waals surface area contributed by atoms with Crippen LogP contribution in [0.25, 0.3) is 10.9 Å². The van der Waals surface area contributed by atoms with Gasteiger partial charge < -0.3 is 9.88 Å². The molecule has 7 nitrogen and oxygen atoms in total. The van der Waals surface area contributed by atoms with Crippen LogP contribution in [0.5, 0.6) is 0 Å². The number of H-pyrrole nitrogens is 1. The second kappa shape index (κ2) is 7.48. The minimum atomic E-state index is -0.000359. The molecule has 3 heterocycles. The molecule has 5 rings (SSSR count). The molecular weight excluding hydrogens is 366 g/mol. The molecule has 0 unspecified atom stereocenters. The first kappa shape index (κ1) is 18.1. The highest BCUT2D eigenvalue weighted by Gasteiger charge is 2.22. The Morgan fingerprint density at radius 3 is 2.76 bits per heavy atom. The van der Waals surface area contributed by atoms with E-state index in [-0.39, 0.29) is 11.5 Å². The molecule has 29 heavy (non-hydrogen) atoms. The van der Waals surface area contributed by atoms with Crippen molar-refractivity contribution in [3.63, 3.8) is 0 Å². The van der Waals surface area contributed by atoms with Gasteiger partial charge in [0.25, 0.3) is 11.5 Å². The maximum Gasteiger partial charge on any atom is 0.267 e. The fourth-order valence-corrected chi connectivity index (χ4v) is 4.38. The van der Waals surface area contributed by atoms with Crippen molar-refractivity contribution >= 4 is 16.8 Å². The average molecular weight is 391 g/mol. The van der Waals surface area contributed by atoms with E-state index in [2.05, 4.69) is 15.0 Å². The second-order valence-electron chi connectivity index (χ2n) is 7.94. The molecule has 2 aromatic heterocycles. The molecule has 1 aromatic carbocycles. The summed E-state index contributed by atoms with van der Waals surface area (Å²) in [6.07, 6.45) is 4.94. The summed E-state index contributed by atoms with van der Waals surface area (Å²) in [6.45, 7) is 4.43. The number of aryl methyl sites for hydroxylation is 2. The lowest BCUT2D eigenvalue weighted by atomic mass is 10.1. The highest BCUT2D eigenvalue weighted by Crippen LogP contribution is 2.18. The van der Waals surface area contributed by atoms with Gasteiger partial charge in [0.05, 0.1) is 12.2 Å². The van der Waals surface area contributed by atoms with Crippen molar-refractivity contribution in [3.05, 3.63) is 63.7 Å². The molecule has 2 aliphatic rings. The fourth-order valence-electron chi connectivity index (χ4n) is 4.38. The van der Waals surface area contributed by atoms with Crippen molar-refractivity contribution in [2.24, 2.45) is 0 Å². The van der Waals surface area contributed by atoms with Gasteiger partial charge in [0, 0.05) is 61.5 Å². The van der Waals surface area contributed by atoms with Crippen molar-refractivity contribution in [2.45, 2.75) is 25.8 Å². The van der Waals surface area contributed by atoms with Gasteiger partial charge in [-0.1, -0.05) is 0 Å². The SMILES string of the molecule is O=C(c1ccc2[nH]ccc2c1)N1CCN(CCn2nc3c(cc2=O)CCC3)CC1. The van der Waals surface area contributed by atoms with Gasteiger partial charge in [0.1, 0.15) is 0 Å². The normalized spacial score (nSPS) is 17.0. The monoisotopic (exact) mass is 391 g/mol. The van der Waals surface area contributed by atoms with Gasteiger partial charge >= 0.3 is 0 Å². The predicted octanol–water partition coefficient (Wildman–Crippen LogP) is 1.67. The molecule has 0 atom stereocenters. The molecule has 1 saturated heterocycles. The number of piperazine rings is 1. The summed E-state index contributed by atoms with van der Waals surface area (Å²) in [5, 5.41) is 5.61. The standard InChI is InChI=1S/C22H25N5O2/c28-21-15-16-2-1-3-20(16)24-27(21)13-10-25-8-11-26(12-9-25)22(29)18-4-5-19-17(14-18)6-7-23-19/h4-7,14-15,23H,1-3,8-13H2. The van der Waals surface area contributed by atoms with E-state index in [0.717, 1.165) is 66.6 Å². The number of benzene rings is 1. The minimum Gasteiger partial charge on any atom is -0.361 e. The number of aromatic nitrogens is 3. The Morgan fingerprint density at radius 1 is 1.03 bits per heavy atom. The number of nitrogens with zero attached hydrogens (tertiary/aromatic N) is 4. The lowest BCUT2D eigenvalue weighted by molar-refractivity contribution is 0.0631. The van der Waals surface area contributed by atoms with Crippen LogP contribution in [-0.4, -0.2) is 63.2 Å². The summed E-state index contributed by atoms with van der Waals surface area (Å²) in [6, 6.07) is 9.54. The Labute approximate surface area is 168 Å². The second-order valence-corrected chi connectivity index (χ2v) is 7.94. The van der Waals surface area contributed by atoms with Crippen LogP contribution in [0.2, 0.25) is 0 Å². The third-order valence-electron chi connectivity index (χ3n) is 6.11. The number of aromatic amines is 1. The molecule has 1 fully saturated rings. The van der Waals surface area contributed by atoms with Gasteiger partial charge in [0.15, 0.2) is 0 Å². The first-order chi connectivity index (χ1) is 14.2. The van der Waals surface area contributed by atoms with Crippen LogP contribution in [0.15, 0.2) is 41.3 Å². The number of carbonyl (C=O) groups excluding carboxylic acids is 1. The fraction of sp³-hybridized carbons (Fsp3) is 0.409. The quantitative estimate of drug-likeness (QED) is 0.734. The van der Waals surface area contributed by atoms with Crippen molar-refractivity contribution < 1.29 is 4.79 Å². The molecule has 0 bridgehead atoms. The molecule has 1 N–H and O–H groups in total. The van der Waals surface area contributed by atoms with Crippen molar-refractivity contribution in [2.75, 3.05) is 32.7 Å². The lowest BCUT2D eigenvalue weighted by Crippen LogP contribution is -2.49. The van der Waals surface area contributed by atoms with Gasteiger partial charge in [-0.2, -0.15) is 5.10 Å². The predicted molar refractivity (Wildman–Crippen MR) is 111 cm³/mol. The van der Waals surface area contributed by atoms with E-state index in [0.29, 0.717) is 19.6 Å². The Bertz CT molecular complexity index is 1110. The van der Waals surface area contributed by atoms with E-state index < -0.39 is 0 Å². The van der Waals surface area contributed by atoms with Gasteiger partial charge in [-0.25, -0.2) is 4.68 Å². The van der Waals surface area contributed by atoms with Gasteiger partial charge in [-0.3, -0.25) is 14.5 Å². The van der Waals surface area contributed by atoms with Crippen LogP contribution in [0.4, 0.5) is 0 Å². The van der Waals surface area contributed by atoms with Crippen LogP contribution >= 0.6 is 0 Å². The molecule has 7 heteroatoms. The summed E-state index contributed by atoms with van der Waals surface area (Å²) in [4.78, 5) is 32.5. The largest absolute Gasteiger partial charge is 0.361 e. The minimum absolute atomic E-state index is 0.000359. The molecule has 3 aromatic rings. The van der Waals surface area contributed by atoms with Crippen LogP contribution in [0, 0.1) is 0 Å². The molecular formula is C22H25N5O2. The smallest absolute Gasteiger partial charge is 0.267 e. The Hall–Kier alpha value is -2.93. The van der Waals surface area contributed by atoms with Crippen LogP contribution in [-0.2, 0) is 19.4 Å². The molecule has 1 aliphatic heterocycles. The Balaban J connectivity index is 1.17. The number of hydrogen-bond acceptors (Lipinski definition) is 4. The summed E-state index contributed by atoms with van der Waals surface area (Å²) < 4.78 is 1.60. The van der Waals surface area contributed by atoms with Crippen molar-refractivity contribution in [1.29, 1.82) is 0 Å². The van der Waals surface area contributed by atoms with Gasteiger partial charge in [0.2, 0.25) is 0 Å². The summed E-state index contributed by atoms with van der Waals surface area (Å²) >= 11 is 0. The number of amides is 1. The van der Waals surface area contributed by atoms with Crippen LogP contribution in [0.3, 0.4) is 0 Å². The van der Waals surface area contributed by atoms with E-state index in [4.69, 9.17) is 0 Å². The zero-order chi connectivity index (χ0) is 19.8. The first-order valence-corrected chi connectivity index (χ1v) is 10.4. The van der Waals surface area contributed by atoms with E-state index in [1.165, 1.54) is 0 Å². The zero-order valence-corrected chi connectivity index (χ0v) is 16.4. The third-order valence-corrected chi connectivity index (χ3v) is 6.11. The maximum atomic E-state index is 12.8. The average Bonchev–Trinajstić information content (AvgIpc) is 3.40. The summed E-state index contributed by atoms with van der Waals surface area (Å²) in [5.74, 6) is 0.0873. The molecule has 150 valence electrons. The maximum absolute atomic E-state index is 12.8. The van der Waals surface area contributed by atoms with E-state index in [1.807, 2.05) is 35.4 Å². The number of carbonyl (C=O) groups is 1. The zero-order valence-electron chi connectivity index (χ0n) is 16.4. The number of rotatable bonds is 4. The van der Waals surface area contributed by atoms with E-state index in [9.17, 15) is 9.59 Å². The topological polar surface area (TPSA) is 74.2 Å². The van der Waals surface area contributed by atoms with Gasteiger partial charge in [-0.15, -0.1) is 0 Å². The summed E-state index contributed by atoms with van der Waals surface area (Å²) in [5.41, 5.74) is 3.98. The molecule has 0 radical (unpaired) electrons. The first-order valence-electron chi connectivity index (χ1n) is 10.4.